The smallest absolute Gasteiger partial charge is 0.295 e. The molecule has 164 valence electrons. The van der Waals surface area contributed by atoms with E-state index < -0.39 is 17.7 Å². The van der Waals surface area contributed by atoms with Gasteiger partial charge >= 0.3 is 0 Å². The Kier molecular flexibility index (Phi) is 6.10. The van der Waals surface area contributed by atoms with Gasteiger partial charge < -0.3 is 14.7 Å². The molecule has 3 aromatic rings. The van der Waals surface area contributed by atoms with Crippen molar-refractivity contribution in [1.29, 1.82) is 0 Å². The summed E-state index contributed by atoms with van der Waals surface area (Å²) in [4.78, 5) is 27.8. The number of carbonyl (C=O) groups excluding carboxylic acids is 2. The lowest BCUT2D eigenvalue weighted by atomic mass is 9.91. The number of aliphatic hydroxyl groups excluding tert-OH is 1. The average molecular weight is 430 g/mol. The number of fused-ring (bicyclic) bond motifs is 1. The van der Waals surface area contributed by atoms with Crippen LogP contribution in [0.5, 0.6) is 0 Å². The summed E-state index contributed by atoms with van der Waals surface area (Å²) in [6.45, 7) is 4.78. The van der Waals surface area contributed by atoms with Gasteiger partial charge in [0.1, 0.15) is 5.76 Å². The number of ketones is 1. The van der Waals surface area contributed by atoms with Crippen molar-refractivity contribution in [3.63, 3.8) is 0 Å². The number of benzene rings is 3. The van der Waals surface area contributed by atoms with Crippen LogP contribution in [-0.2, 0) is 14.3 Å². The zero-order valence-corrected chi connectivity index (χ0v) is 18.6. The number of aryl methyl sites for hydroxylation is 2. The van der Waals surface area contributed by atoms with Gasteiger partial charge in [-0.15, -0.1) is 0 Å². The molecule has 5 nitrogen and oxygen atoms in total. The standard InChI is InChI=1S/C27H27NO4/c1-17-12-13-20(16-18(17)2)25(29)23-24(28(14-7-15-32-3)27(31)26(23)30)22-11-6-9-19-8-4-5-10-21(19)22/h4-6,8-13,16,24,29H,7,14-15H2,1-3H3/b25-23-. The van der Waals surface area contributed by atoms with E-state index in [1.54, 1.807) is 18.1 Å². The first kappa shape index (κ1) is 21.8. The van der Waals surface area contributed by atoms with Gasteiger partial charge in [-0.3, -0.25) is 9.59 Å². The molecule has 1 heterocycles. The van der Waals surface area contributed by atoms with E-state index in [2.05, 4.69) is 0 Å². The molecule has 1 aliphatic rings. The topological polar surface area (TPSA) is 66.8 Å². The number of amides is 1. The molecule has 0 aromatic heterocycles. The molecular weight excluding hydrogens is 402 g/mol. The highest BCUT2D eigenvalue weighted by molar-refractivity contribution is 6.46. The molecule has 3 aromatic carbocycles. The fourth-order valence-corrected chi connectivity index (χ4v) is 4.35. The van der Waals surface area contributed by atoms with Gasteiger partial charge in [0.15, 0.2) is 0 Å². The molecule has 0 bridgehead atoms. The number of nitrogens with zero attached hydrogens (tertiary/aromatic N) is 1. The monoisotopic (exact) mass is 429 g/mol. The number of hydrogen-bond donors (Lipinski definition) is 1. The molecule has 5 heteroatoms. The molecule has 1 fully saturated rings. The van der Waals surface area contributed by atoms with Crippen molar-refractivity contribution in [3.8, 4) is 0 Å². The van der Waals surface area contributed by atoms with Crippen molar-refractivity contribution < 1.29 is 19.4 Å². The number of carbonyl (C=O) groups is 2. The predicted octanol–water partition coefficient (Wildman–Crippen LogP) is 4.91. The number of Topliss-reactive ketones (excluding diaryl/α,β-unsaturated/α-hetero) is 1. The van der Waals surface area contributed by atoms with Crippen molar-refractivity contribution in [1.82, 2.24) is 4.90 Å². The zero-order valence-electron chi connectivity index (χ0n) is 18.6. The van der Waals surface area contributed by atoms with Crippen LogP contribution < -0.4 is 0 Å². The molecule has 4 rings (SSSR count). The first-order valence-corrected chi connectivity index (χ1v) is 10.8. The lowest BCUT2D eigenvalue weighted by Gasteiger charge is -2.26. The summed E-state index contributed by atoms with van der Waals surface area (Å²) >= 11 is 0. The summed E-state index contributed by atoms with van der Waals surface area (Å²) in [7, 11) is 1.61. The Morgan fingerprint density at radius 3 is 2.50 bits per heavy atom. The van der Waals surface area contributed by atoms with Crippen molar-refractivity contribution in [2.75, 3.05) is 20.3 Å². The van der Waals surface area contributed by atoms with Crippen LogP contribution in [0.3, 0.4) is 0 Å². The Balaban J connectivity index is 1.93. The van der Waals surface area contributed by atoms with E-state index >= 15 is 0 Å². The second kappa shape index (κ2) is 8.97. The van der Waals surface area contributed by atoms with E-state index in [1.807, 2.05) is 68.4 Å². The van der Waals surface area contributed by atoms with Crippen molar-refractivity contribution in [2.24, 2.45) is 0 Å². The van der Waals surface area contributed by atoms with Gasteiger partial charge in [0.25, 0.3) is 11.7 Å². The molecule has 0 spiro atoms. The van der Waals surface area contributed by atoms with E-state index in [4.69, 9.17) is 4.74 Å². The van der Waals surface area contributed by atoms with Crippen LogP contribution in [0.25, 0.3) is 16.5 Å². The minimum atomic E-state index is -0.667. The summed E-state index contributed by atoms with van der Waals surface area (Å²) < 4.78 is 5.16. The Morgan fingerprint density at radius 2 is 1.75 bits per heavy atom. The van der Waals surface area contributed by atoms with E-state index in [1.165, 1.54) is 0 Å². The molecule has 1 unspecified atom stereocenters. The molecule has 32 heavy (non-hydrogen) atoms. The highest BCUT2D eigenvalue weighted by Gasteiger charge is 2.46. The third-order valence-electron chi connectivity index (χ3n) is 6.19. The third kappa shape index (κ3) is 3.80. The van der Waals surface area contributed by atoms with E-state index in [9.17, 15) is 14.7 Å². The second-order valence-electron chi connectivity index (χ2n) is 8.21. The molecule has 1 N–H and O–H groups in total. The van der Waals surface area contributed by atoms with Gasteiger partial charge in [-0.25, -0.2) is 0 Å². The van der Waals surface area contributed by atoms with Crippen LogP contribution >= 0.6 is 0 Å². The Morgan fingerprint density at radius 1 is 1.00 bits per heavy atom. The third-order valence-corrected chi connectivity index (χ3v) is 6.19. The summed E-state index contributed by atoms with van der Waals surface area (Å²) in [5.74, 6) is -1.39. The van der Waals surface area contributed by atoms with E-state index in [0.29, 0.717) is 25.1 Å². The minimum absolute atomic E-state index is 0.132. The largest absolute Gasteiger partial charge is 0.507 e. The highest BCUT2D eigenvalue weighted by atomic mass is 16.5. The van der Waals surface area contributed by atoms with Gasteiger partial charge in [0, 0.05) is 25.8 Å². The maximum Gasteiger partial charge on any atom is 0.295 e. The van der Waals surface area contributed by atoms with Crippen LogP contribution in [0, 0.1) is 13.8 Å². The molecule has 1 saturated heterocycles. The Labute approximate surface area is 187 Å². The van der Waals surface area contributed by atoms with Gasteiger partial charge in [0.2, 0.25) is 0 Å². The molecule has 0 aliphatic carbocycles. The molecule has 1 aliphatic heterocycles. The van der Waals surface area contributed by atoms with Gasteiger partial charge in [-0.2, -0.15) is 0 Å². The van der Waals surface area contributed by atoms with Gasteiger partial charge in [-0.05, 0) is 53.8 Å². The number of methoxy groups -OCH3 is 1. The molecule has 1 amide bonds. The number of rotatable bonds is 6. The van der Waals surface area contributed by atoms with E-state index in [0.717, 1.165) is 27.5 Å². The van der Waals surface area contributed by atoms with E-state index in [-0.39, 0.29) is 11.3 Å². The Bertz CT molecular complexity index is 1220. The normalized spacial score (nSPS) is 18.0. The average Bonchev–Trinajstić information content (AvgIpc) is 3.05. The molecule has 1 atom stereocenters. The Hall–Kier alpha value is -3.44. The SMILES string of the molecule is COCCCN1C(=O)C(=O)/C(=C(\O)c2ccc(C)c(C)c2)C1c1cccc2ccccc12. The number of aliphatic hydroxyl groups is 1. The lowest BCUT2D eigenvalue weighted by molar-refractivity contribution is -0.140. The van der Waals surface area contributed by atoms with Crippen molar-refractivity contribution >= 4 is 28.2 Å². The quantitative estimate of drug-likeness (QED) is 0.262. The fourth-order valence-electron chi connectivity index (χ4n) is 4.35. The van der Waals surface area contributed by atoms with Crippen LogP contribution in [0.2, 0.25) is 0 Å². The van der Waals surface area contributed by atoms with Gasteiger partial charge in [-0.1, -0.05) is 54.6 Å². The molecule has 0 saturated carbocycles. The summed E-state index contributed by atoms with van der Waals surface area (Å²) in [5.41, 5.74) is 3.59. The van der Waals surface area contributed by atoms with Crippen molar-refractivity contribution in [3.05, 3.63) is 88.5 Å². The maximum absolute atomic E-state index is 13.2. The highest BCUT2D eigenvalue weighted by Crippen LogP contribution is 2.42. The van der Waals surface area contributed by atoms with Crippen LogP contribution in [0.4, 0.5) is 0 Å². The summed E-state index contributed by atoms with van der Waals surface area (Å²) in [6, 6.07) is 18.6. The van der Waals surface area contributed by atoms with Gasteiger partial charge in [0.05, 0.1) is 11.6 Å². The summed E-state index contributed by atoms with van der Waals surface area (Å²) in [5, 5.41) is 13.2. The van der Waals surface area contributed by atoms with Crippen LogP contribution in [0.15, 0.2) is 66.2 Å². The molecular formula is C27H27NO4. The number of ether oxygens (including phenoxy) is 1. The number of likely N-dealkylation sites (tertiary alicyclic amines) is 1. The lowest BCUT2D eigenvalue weighted by Crippen LogP contribution is -2.31. The minimum Gasteiger partial charge on any atom is -0.507 e. The summed E-state index contributed by atoms with van der Waals surface area (Å²) in [6.07, 6.45) is 0.592. The zero-order chi connectivity index (χ0) is 22.8. The number of hydrogen-bond acceptors (Lipinski definition) is 4. The van der Waals surface area contributed by atoms with Crippen LogP contribution in [0.1, 0.15) is 34.7 Å². The second-order valence-corrected chi connectivity index (χ2v) is 8.21. The maximum atomic E-state index is 13.2. The van der Waals surface area contributed by atoms with Crippen molar-refractivity contribution in [2.45, 2.75) is 26.3 Å². The molecule has 0 radical (unpaired) electrons. The van der Waals surface area contributed by atoms with Crippen LogP contribution in [-0.4, -0.2) is 42.0 Å². The first-order valence-electron chi connectivity index (χ1n) is 10.8. The predicted molar refractivity (Wildman–Crippen MR) is 125 cm³/mol. The fraction of sp³-hybridized carbons (Fsp3) is 0.259. The first-order chi connectivity index (χ1) is 15.4.